The number of hydrogen-bond acceptors (Lipinski definition) is 7. The number of ether oxygens (including phenoxy) is 2. The van der Waals surface area contributed by atoms with Crippen LogP contribution in [0.4, 0.5) is 0 Å². The van der Waals surface area contributed by atoms with Crippen LogP contribution in [0.2, 0.25) is 0 Å². The van der Waals surface area contributed by atoms with E-state index >= 15 is 0 Å². The third-order valence-electron chi connectivity index (χ3n) is 4.33. The van der Waals surface area contributed by atoms with Crippen molar-refractivity contribution in [3.8, 4) is 22.9 Å². The lowest BCUT2D eigenvalue weighted by Crippen LogP contribution is -2.30. The van der Waals surface area contributed by atoms with Crippen LogP contribution in [0.5, 0.6) is 11.5 Å². The molecular formula is C19H18BrN5O3S. The highest BCUT2D eigenvalue weighted by molar-refractivity contribution is 9.10. The Labute approximate surface area is 179 Å². The third-order valence-corrected chi connectivity index (χ3v) is 6.08. The highest BCUT2D eigenvalue weighted by Crippen LogP contribution is 2.32. The Kier molecular flexibility index (Phi) is 5.63. The van der Waals surface area contributed by atoms with Crippen molar-refractivity contribution in [1.82, 2.24) is 20.2 Å². The number of nitrogens with two attached hydrogens (primary N) is 1. The van der Waals surface area contributed by atoms with Gasteiger partial charge in [-0.3, -0.25) is 4.79 Å². The summed E-state index contributed by atoms with van der Waals surface area (Å²) in [5, 5.41) is 11.3. The second-order valence-electron chi connectivity index (χ2n) is 6.32. The summed E-state index contributed by atoms with van der Waals surface area (Å²) in [7, 11) is 0. The second kappa shape index (κ2) is 8.34. The van der Waals surface area contributed by atoms with E-state index in [1.807, 2.05) is 42.5 Å². The zero-order valence-electron chi connectivity index (χ0n) is 15.5. The molecule has 8 nitrogen and oxygen atoms in total. The number of carbonyl (C=O) groups excluding carboxylic acids is 1. The number of nitrogens with one attached hydrogen (secondary N) is 1. The molecule has 150 valence electrons. The first-order chi connectivity index (χ1) is 14.0. The Bertz CT molecular complexity index is 1060. The number of rotatable bonds is 6. The number of hydrogen-bond donors (Lipinski definition) is 2. The standard InChI is InChI=1S/C19H18BrN5O3S/c1-11(18(26)22-9-12-6-7-15-16(8-12)28-10-27-15)29-19-24-23-17(25(19)21)13-4-2-3-5-14(13)20/h2-8,11H,9-10,21H2,1H3,(H,22,26). The summed E-state index contributed by atoms with van der Waals surface area (Å²) >= 11 is 4.73. The van der Waals surface area contributed by atoms with Crippen molar-refractivity contribution in [2.24, 2.45) is 0 Å². The molecule has 10 heteroatoms. The molecule has 4 rings (SSSR count). The number of aromatic nitrogens is 3. The summed E-state index contributed by atoms with van der Waals surface area (Å²) in [6.45, 7) is 2.41. The molecule has 0 aliphatic carbocycles. The minimum Gasteiger partial charge on any atom is -0.454 e. The highest BCUT2D eigenvalue weighted by atomic mass is 79.9. The minimum atomic E-state index is -0.400. The number of thioether (sulfide) groups is 1. The molecule has 1 amide bonds. The first-order valence-electron chi connectivity index (χ1n) is 8.81. The lowest BCUT2D eigenvalue weighted by Gasteiger charge is -2.12. The monoisotopic (exact) mass is 475 g/mol. The predicted octanol–water partition coefficient (Wildman–Crippen LogP) is 2.95. The van der Waals surface area contributed by atoms with Crippen molar-refractivity contribution >= 4 is 33.6 Å². The van der Waals surface area contributed by atoms with E-state index in [9.17, 15) is 4.79 Å². The first kappa shape index (κ1) is 19.6. The van der Waals surface area contributed by atoms with Gasteiger partial charge in [-0.05, 0) is 36.8 Å². The number of nitrogens with zero attached hydrogens (tertiary/aromatic N) is 3. The van der Waals surface area contributed by atoms with Crippen molar-refractivity contribution in [3.63, 3.8) is 0 Å². The Morgan fingerprint density at radius 1 is 1.28 bits per heavy atom. The maximum absolute atomic E-state index is 12.5. The molecule has 0 fully saturated rings. The van der Waals surface area contributed by atoms with Gasteiger partial charge in [0.25, 0.3) is 0 Å². The maximum atomic E-state index is 12.5. The van der Waals surface area contributed by atoms with Gasteiger partial charge in [-0.1, -0.05) is 45.9 Å². The van der Waals surface area contributed by atoms with Crippen molar-refractivity contribution in [1.29, 1.82) is 0 Å². The molecule has 1 unspecified atom stereocenters. The van der Waals surface area contributed by atoms with Crippen LogP contribution >= 0.6 is 27.7 Å². The molecule has 0 saturated carbocycles. The van der Waals surface area contributed by atoms with Gasteiger partial charge < -0.3 is 20.6 Å². The fourth-order valence-corrected chi connectivity index (χ4v) is 4.04. The SMILES string of the molecule is CC(Sc1nnc(-c2ccccc2Br)n1N)C(=O)NCc1ccc2c(c1)OCO2. The smallest absolute Gasteiger partial charge is 0.233 e. The van der Waals surface area contributed by atoms with E-state index < -0.39 is 5.25 Å². The van der Waals surface area contributed by atoms with Crippen molar-refractivity contribution in [3.05, 3.63) is 52.5 Å². The zero-order chi connectivity index (χ0) is 20.4. The van der Waals surface area contributed by atoms with E-state index in [1.54, 1.807) is 6.92 Å². The van der Waals surface area contributed by atoms with Crippen LogP contribution in [0, 0.1) is 0 Å². The molecule has 1 aliphatic rings. The van der Waals surface area contributed by atoms with Crippen LogP contribution in [0.25, 0.3) is 11.4 Å². The predicted molar refractivity (Wildman–Crippen MR) is 113 cm³/mol. The normalized spacial score (nSPS) is 13.3. The number of benzene rings is 2. The maximum Gasteiger partial charge on any atom is 0.233 e. The van der Waals surface area contributed by atoms with Crippen LogP contribution in [0.1, 0.15) is 12.5 Å². The summed E-state index contributed by atoms with van der Waals surface area (Å²) in [5.41, 5.74) is 1.76. The second-order valence-corrected chi connectivity index (χ2v) is 8.48. The summed E-state index contributed by atoms with van der Waals surface area (Å²) < 4.78 is 12.9. The molecule has 29 heavy (non-hydrogen) atoms. The lowest BCUT2D eigenvalue weighted by atomic mass is 10.2. The van der Waals surface area contributed by atoms with Gasteiger partial charge in [0.05, 0.1) is 5.25 Å². The van der Waals surface area contributed by atoms with Crippen LogP contribution in [-0.2, 0) is 11.3 Å². The van der Waals surface area contributed by atoms with Crippen molar-refractivity contribution < 1.29 is 14.3 Å². The van der Waals surface area contributed by atoms with Gasteiger partial charge in [-0.2, -0.15) is 0 Å². The average Bonchev–Trinajstić information content (AvgIpc) is 3.33. The first-order valence-corrected chi connectivity index (χ1v) is 10.5. The topological polar surface area (TPSA) is 104 Å². The van der Waals surface area contributed by atoms with E-state index in [0.29, 0.717) is 29.0 Å². The molecular weight excluding hydrogens is 458 g/mol. The summed E-state index contributed by atoms with van der Waals surface area (Å²) in [4.78, 5) is 12.5. The summed E-state index contributed by atoms with van der Waals surface area (Å²) in [6, 6.07) is 13.2. The highest BCUT2D eigenvalue weighted by Gasteiger charge is 2.21. The Balaban J connectivity index is 1.38. The lowest BCUT2D eigenvalue weighted by molar-refractivity contribution is -0.120. The molecule has 0 radical (unpaired) electrons. The van der Waals surface area contributed by atoms with Gasteiger partial charge >= 0.3 is 0 Å². The summed E-state index contributed by atoms with van der Waals surface area (Å²) in [6.07, 6.45) is 0. The van der Waals surface area contributed by atoms with Gasteiger partial charge in [0.1, 0.15) is 0 Å². The molecule has 3 aromatic rings. The average molecular weight is 476 g/mol. The molecule has 1 aromatic heterocycles. The molecule has 1 aliphatic heterocycles. The molecule has 0 saturated heterocycles. The van der Waals surface area contributed by atoms with Crippen LogP contribution in [-0.4, -0.2) is 32.8 Å². The summed E-state index contributed by atoms with van der Waals surface area (Å²) in [5.74, 6) is 7.96. The number of nitrogen functional groups attached to an aromatic ring is 1. The number of amides is 1. The largest absolute Gasteiger partial charge is 0.454 e. The molecule has 2 aromatic carbocycles. The Morgan fingerprint density at radius 3 is 2.90 bits per heavy atom. The van der Waals surface area contributed by atoms with Gasteiger partial charge in [-0.15, -0.1) is 10.2 Å². The minimum absolute atomic E-state index is 0.127. The van der Waals surface area contributed by atoms with Gasteiger partial charge in [-0.25, -0.2) is 4.68 Å². The van der Waals surface area contributed by atoms with E-state index in [4.69, 9.17) is 15.3 Å². The van der Waals surface area contributed by atoms with Crippen LogP contribution in [0.15, 0.2) is 52.1 Å². The number of fused-ring (bicyclic) bond motifs is 1. The zero-order valence-corrected chi connectivity index (χ0v) is 17.9. The molecule has 3 N–H and O–H groups in total. The van der Waals surface area contributed by atoms with Gasteiger partial charge in [0.15, 0.2) is 17.3 Å². The van der Waals surface area contributed by atoms with E-state index in [0.717, 1.165) is 15.6 Å². The van der Waals surface area contributed by atoms with Crippen molar-refractivity contribution in [2.45, 2.75) is 23.9 Å². The quantitative estimate of drug-likeness (QED) is 0.417. The molecule has 0 bridgehead atoms. The molecule has 0 spiro atoms. The Morgan fingerprint density at radius 2 is 2.07 bits per heavy atom. The van der Waals surface area contributed by atoms with E-state index in [-0.39, 0.29) is 12.7 Å². The molecule has 1 atom stereocenters. The van der Waals surface area contributed by atoms with E-state index in [1.165, 1.54) is 16.4 Å². The fraction of sp³-hybridized carbons (Fsp3) is 0.211. The van der Waals surface area contributed by atoms with Crippen LogP contribution < -0.4 is 20.6 Å². The van der Waals surface area contributed by atoms with Gasteiger partial charge in [0, 0.05) is 16.6 Å². The Hall–Kier alpha value is -2.72. The molecule has 2 heterocycles. The number of carbonyl (C=O) groups is 1. The third kappa shape index (κ3) is 4.18. The van der Waals surface area contributed by atoms with Gasteiger partial charge in [0.2, 0.25) is 17.9 Å². The van der Waals surface area contributed by atoms with E-state index in [2.05, 4.69) is 31.4 Å². The van der Waals surface area contributed by atoms with Crippen LogP contribution in [0.3, 0.4) is 0 Å². The number of halogens is 1. The van der Waals surface area contributed by atoms with Crippen molar-refractivity contribution in [2.75, 3.05) is 12.6 Å². The fourth-order valence-electron chi connectivity index (χ4n) is 2.78.